The van der Waals surface area contributed by atoms with E-state index in [1.165, 1.54) is 0 Å². The number of aliphatic imine (C=N–C) groups is 1. The van der Waals surface area contributed by atoms with Crippen LogP contribution < -0.4 is 10.6 Å². The van der Waals surface area contributed by atoms with E-state index in [1.54, 1.807) is 9.47 Å². The lowest BCUT2D eigenvalue weighted by molar-refractivity contribution is -0.150. The van der Waals surface area contributed by atoms with Gasteiger partial charge in [0.15, 0.2) is 0 Å². The second kappa shape index (κ2) is 11.2. The van der Waals surface area contributed by atoms with Crippen molar-refractivity contribution in [2.45, 2.75) is 84.3 Å². The highest BCUT2D eigenvalue weighted by Crippen LogP contribution is 2.65. The summed E-state index contributed by atoms with van der Waals surface area (Å²) in [5.74, 6) is -0.352. The number of amides is 4. The fourth-order valence-electron chi connectivity index (χ4n) is 8.16. The largest absolute Gasteiger partial charge is 0.366 e. The van der Waals surface area contributed by atoms with Gasteiger partial charge in [0.1, 0.15) is 22.5 Å². The molecule has 5 rings (SSSR count). The van der Waals surface area contributed by atoms with Crippen LogP contribution in [0.15, 0.2) is 35.3 Å². The van der Waals surface area contributed by atoms with Crippen molar-refractivity contribution in [1.82, 2.24) is 20.1 Å². The number of fused-ring (bicyclic) bond motifs is 1. The zero-order valence-electron chi connectivity index (χ0n) is 26.9. The van der Waals surface area contributed by atoms with Gasteiger partial charge in [0.05, 0.1) is 6.54 Å². The number of likely N-dealkylation sites (tertiary alicyclic amines) is 1. The van der Waals surface area contributed by atoms with Crippen LogP contribution in [0.25, 0.3) is 0 Å². The zero-order chi connectivity index (χ0) is 31.5. The molecule has 0 spiro atoms. The van der Waals surface area contributed by atoms with Crippen LogP contribution in [0, 0.1) is 34.5 Å². The molecule has 0 aromatic heterocycles. The number of nitrogens with zero attached hydrogens (tertiary/aromatic N) is 3. The molecular weight excluding hydrogens is 558 g/mol. The monoisotopic (exact) mass is 607 g/mol. The number of hydrogen-bond donors (Lipinski definition) is 2. The molecule has 2 heterocycles. The van der Waals surface area contributed by atoms with Gasteiger partial charge in [-0.1, -0.05) is 71.9 Å². The average Bonchev–Trinajstić information content (AvgIpc) is 3.54. The van der Waals surface area contributed by atoms with Crippen LogP contribution >= 0.6 is 0 Å². The minimum atomic E-state index is -0.656. The number of nitrogens with one attached hydrogen (secondary N) is 2. The Morgan fingerprint density at radius 1 is 1.21 bits per heavy atom. The maximum absolute atomic E-state index is 14.5. The topological polar surface area (TPSA) is 111 Å². The Morgan fingerprint density at radius 3 is 2.47 bits per heavy atom. The Morgan fingerprint density at radius 2 is 1.88 bits per heavy atom. The fraction of sp³-hybridized carbons (Fsp3) is 0.667. The summed E-state index contributed by atoms with van der Waals surface area (Å²) in [6.07, 6.45) is 1.99. The van der Waals surface area contributed by atoms with Gasteiger partial charge in [-0.3, -0.25) is 24.2 Å². The molecular formula is C33H49N5O4Si. The number of carbonyl (C=O) groups excluding carboxylic acids is 4. The first kappa shape index (κ1) is 31.4. The molecule has 10 heteroatoms. The van der Waals surface area contributed by atoms with E-state index in [1.807, 2.05) is 39.0 Å². The average molecular weight is 608 g/mol. The van der Waals surface area contributed by atoms with E-state index < -0.39 is 17.5 Å². The van der Waals surface area contributed by atoms with E-state index in [9.17, 15) is 19.2 Å². The van der Waals surface area contributed by atoms with E-state index in [4.69, 9.17) is 0 Å². The lowest BCUT2D eigenvalue weighted by atomic mass is 9.84. The Hall–Kier alpha value is -3.01. The molecule has 1 unspecified atom stereocenters. The van der Waals surface area contributed by atoms with Gasteiger partial charge in [0.25, 0.3) is 0 Å². The van der Waals surface area contributed by atoms with E-state index in [2.05, 4.69) is 55.2 Å². The van der Waals surface area contributed by atoms with E-state index in [0.29, 0.717) is 36.5 Å². The molecule has 4 aliphatic rings. The summed E-state index contributed by atoms with van der Waals surface area (Å²) in [6.45, 7) is 17.6. The summed E-state index contributed by atoms with van der Waals surface area (Å²) >= 11 is 0. The summed E-state index contributed by atoms with van der Waals surface area (Å²) < 4.78 is 1.79. The molecule has 1 aromatic carbocycles. The van der Waals surface area contributed by atoms with Crippen LogP contribution in [0.2, 0.25) is 0 Å². The summed E-state index contributed by atoms with van der Waals surface area (Å²) in [7, 11) is 0.401. The number of piperidine rings is 1. The van der Waals surface area contributed by atoms with Crippen LogP contribution in [0.3, 0.4) is 0 Å². The lowest BCUT2D eigenvalue weighted by Gasteiger charge is -2.42. The molecule has 2 aliphatic heterocycles. The Labute approximate surface area is 259 Å². The molecule has 2 saturated heterocycles. The quantitative estimate of drug-likeness (QED) is 0.312. The van der Waals surface area contributed by atoms with Gasteiger partial charge in [0, 0.05) is 36.4 Å². The standard InChI is InChI=1S/C33H49N5O4Si/c1-31(2,3)26(38(43)29(41)22-16-33(22,6)20-11-9-8-10-12-20)30(42)37-18-23-24(32(23,4)5)25(37)28(40)36-21(17-34-7)15-19-13-14-35-27(19)39/h8-12,19,21-26H,7,13-18H2,1-6,43H3,(H,35,39)(H,36,40)/t19-,21-,22-,23-,24-,25-,26+,33?/m0/s1. The molecule has 1 aromatic rings. The molecule has 9 nitrogen and oxygen atoms in total. The second-order valence-electron chi connectivity index (χ2n) is 15.3. The Balaban J connectivity index is 1.35. The van der Waals surface area contributed by atoms with Crippen molar-refractivity contribution < 1.29 is 19.2 Å². The van der Waals surface area contributed by atoms with Crippen molar-refractivity contribution in [2.75, 3.05) is 19.6 Å². The molecule has 0 radical (unpaired) electrons. The molecule has 4 amide bonds. The summed E-state index contributed by atoms with van der Waals surface area (Å²) in [5.41, 5.74) is 0.370. The molecule has 2 saturated carbocycles. The maximum atomic E-state index is 14.5. The van der Waals surface area contributed by atoms with E-state index in [-0.39, 0.29) is 64.2 Å². The van der Waals surface area contributed by atoms with Crippen LogP contribution in [-0.4, -0.2) is 88.0 Å². The van der Waals surface area contributed by atoms with Gasteiger partial charge >= 0.3 is 0 Å². The van der Waals surface area contributed by atoms with Crippen LogP contribution in [0.5, 0.6) is 0 Å². The highest BCUT2D eigenvalue weighted by Gasteiger charge is 2.70. The van der Waals surface area contributed by atoms with Gasteiger partial charge in [-0.15, -0.1) is 0 Å². The second-order valence-corrected chi connectivity index (χ2v) is 16.2. The number of hydrogen-bond acceptors (Lipinski definition) is 5. The van der Waals surface area contributed by atoms with Crippen molar-refractivity contribution in [3.05, 3.63) is 35.9 Å². The zero-order valence-corrected chi connectivity index (χ0v) is 28.9. The highest BCUT2D eigenvalue weighted by molar-refractivity contribution is 6.17. The van der Waals surface area contributed by atoms with Gasteiger partial charge in [-0.2, -0.15) is 0 Å². The number of benzene rings is 1. The normalized spacial score (nSPS) is 31.9. The molecule has 0 bridgehead atoms. The molecule has 2 aliphatic carbocycles. The minimum absolute atomic E-state index is 0.00767. The first-order valence-corrected chi connectivity index (χ1v) is 16.7. The van der Waals surface area contributed by atoms with Crippen LogP contribution in [0.1, 0.15) is 66.4 Å². The Bertz CT molecular complexity index is 1300. The van der Waals surface area contributed by atoms with E-state index in [0.717, 1.165) is 18.4 Å². The summed E-state index contributed by atoms with van der Waals surface area (Å²) in [4.78, 5) is 60.6. The molecule has 2 N–H and O–H groups in total. The predicted octanol–water partition coefficient (Wildman–Crippen LogP) is 1.68. The molecule has 8 atom stereocenters. The van der Waals surface area contributed by atoms with Crippen molar-refractivity contribution in [1.29, 1.82) is 0 Å². The minimum Gasteiger partial charge on any atom is -0.366 e. The summed E-state index contributed by atoms with van der Waals surface area (Å²) in [5, 5.41) is 6.02. The van der Waals surface area contributed by atoms with Crippen molar-refractivity contribution in [3.8, 4) is 0 Å². The molecule has 43 heavy (non-hydrogen) atoms. The predicted molar refractivity (Wildman–Crippen MR) is 170 cm³/mol. The third-order valence-corrected chi connectivity index (χ3v) is 11.9. The first-order chi connectivity index (χ1) is 20.1. The maximum Gasteiger partial charge on any atom is 0.245 e. The van der Waals surface area contributed by atoms with Gasteiger partial charge in [-0.25, -0.2) is 0 Å². The van der Waals surface area contributed by atoms with Crippen molar-refractivity contribution in [3.63, 3.8) is 0 Å². The third-order valence-electron chi connectivity index (χ3n) is 10.9. The number of rotatable bonds is 10. The summed E-state index contributed by atoms with van der Waals surface area (Å²) in [6, 6.07) is 8.53. The van der Waals surface area contributed by atoms with Crippen LogP contribution in [0.4, 0.5) is 0 Å². The van der Waals surface area contributed by atoms with Gasteiger partial charge < -0.3 is 20.1 Å². The molecule has 4 fully saturated rings. The fourth-order valence-corrected chi connectivity index (χ4v) is 9.47. The smallest absolute Gasteiger partial charge is 0.245 e. The number of carbonyl (C=O) groups is 4. The van der Waals surface area contributed by atoms with E-state index >= 15 is 0 Å². The van der Waals surface area contributed by atoms with Crippen LogP contribution in [-0.2, 0) is 24.6 Å². The first-order valence-electron chi connectivity index (χ1n) is 15.8. The van der Waals surface area contributed by atoms with Gasteiger partial charge in [-0.05, 0) is 54.2 Å². The Kier molecular flexibility index (Phi) is 8.16. The van der Waals surface area contributed by atoms with Gasteiger partial charge in [0.2, 0.25) is 23.6 Å². The third kappa shape index (κ3) is 5.67. The SMILES string of the molecule is C=NC[C@H](C[C@@H]1CCNC1=O)NC(=O)[C@@H]1[C@@H]2[C@H](CN1C(=O)[C@@H](N([SiH3])C(=O)[C@@H]1CC1(C)c1ccccc1)C(C)(C)C)C2(C)C. The lowest BCUT2D eigenvalue weighted by Crippen LogP contribution is -2.60. The van der Waals surface area contributed by atoms with Crippen molar-refractivity contribution in [2.24, 2.45) is 39.5 Å². The highest BCUT2D eigenvalue weighted by atomic mass is 28.2. The van der Waals surface area contributed by atoms with Crippen molar-refractivity contribution >= 4 is 40.8 Å². The molecule has 234 valence electrons.